The maximum Gasteiger partial charge on any atom is 0.261 e. The molecule has 3 aromatic carbocycles. The fraction of sp³-hybridized carbons (Fsp3) is 0.269. The van der Waals surface area contributed by atoms with E-state index in [1.807, 2.05) is 32.0 Å². The number of ether oxygens (including phenoxy) is 3. The van der Waals surface area contributed by atoms with Crippen LogP contribution >= 0.6 is 0 Å². The molecule has 3 aromatic rings. The summed E-state index contributed by atoms with van der Waals surface area (Å²) >= 11 is 0. The first-order chi connectivity index (χ1) is 16.6. The number of carbonyl (C=O) groups is 1. The van der Waals surface area contributed by atoms with Gasteiger partial charge in [0.25, 0.3) is 15.9 Å². The van der Waals surface area contributed by atoms with Gasteiger partial charge in [0.15, 0.2) is 11.5 Å². The Bertz CT molecular complexity index is 1350. The number of fused-ring (bicyclic) bond motifs is 1. The van der Waals surface area contributed by atoms with E-state index in [4.69, 9.17) is 14.2 Å². The van der Waals surface area contributed by atoms with Crippen molar-refractivity contribution in [1.29, 1.82) is 0 Å². The highest BCUT2D eigenvalue weighted by atomic mass is 32.2. The first-order valence-corrected chi connectivity index (χ1v) is 12.5. The monoisotopic (exact) mass is 496 g/mol. The molecule has 1 heterocycles. The number of hydrogen-bond acceptors (Lipinski definition) is 6. The lowest BCUT2D eigenvalue weighted by atomic mass is 9.84. The van der Waals surface area contributed by atoms with Gasteiger partial charge in [-0.3, -0.25) is 9.52 Å². The molecular weight excluding hydrogens is 468 g/mol. The fourth-order valence-electron chi connectivity index (χ4n) is 3.70. The number of methoxy groups -OCH3 is 1. The van der Waals surface area contributed by atoms with E-state index in [-0.39, 0.29) is 17.6 Å². The Labute approximate surface area is 205 Å². The summed E-state index contributed by atoms with van der Waals surface area (Å²) in [4.78, 5) is 13.1. The molecule has 1 aliphatic heterocycles. The second-order valence-corrected chi connectivity index (χ2v) is 10.6. The van der Waals surface area contributed by atoms with Crippen molar-refractivity contribution in [2.75, 3.05) is 25.2 Å². The zero-order valence-corrected chi connectivity index (χ0v) is 20.9. The van der Waals surface area contributed by atoms with Gasteiger partial charge in [0, 0.05) is 23.2 Å². The molecule has 0 atom stereocenters. The number of aryl methyl sites for hydroxylation is 1. The number of carbonyl (C=O) groups excluding carboxylic acids is 1. The zero-order valence-electron chi connectivity index (χ0n) is 20.0. The Morgan fingerprint density at radius 1 is 1.00 bits per heavy atom. The Balaban J connectivity index is 1.49. The van der Waals surface area contributed by atoms with Crippen LogP contribution in [0.4, 0.5) is 5.69 Å². The van der Waals surface area contributed by atoms with Gasteiger partial charge in [-0.25, -0.2) is 8.42 Å². The molecule has 8 nitrogen and oxygen atoms in total. The summed E-state index contributed by atoms with van der Waals surface area (Å²) < 4.78 is 44.4. The van der Waals surface area contributed by atoms with Gasteiger partial charge >= 0.3 is 0 Å². The summed E-state index contributed by atoms with van der Waals surface area (Å²) in [5.41, 5.74) is 1.95. The second-order valence-electron chi connectivity index (χ2n) is 8.95. The summed E-state index contributed by atoms with van der Waals surface area (Å²) in [7, 11) is -2.36. The van der Waals surface area contributed by atoms with Crippen LogP contribution in [0.2, 0.25) is 0 Å². The van der Waals surface area contributed by atoms with Crippen LogP contribution in [0, 0.1) is 6.92 Å². The van der Waals surface area contributed by atoms with E-state index in [1.54, 1.807) is 37.3 Å². The van der Waals surface area contributed by atoms with Gasteiger partial charge < -0.3 is 19.5 Å². The molecule has 0 aromatic heterocycles. The highest BCUT2D eigenvalue weighted by Crippen LogP contribution is 2.36. The summed E-state index contributed by atoms with van der Waals surface area (Å²) in [5, 5.41) is 2.95. The van der Waals surface area contributed by atoms with Gasteiger partial charge in [0.1, 0.15) is 5.75 Å². The Morgan fingerprint density at radius 2 is 1.71 bits per heavy atom. The zero-order chi connectivity index (χ0) is 25.2. The second kappa shape index (κ2) is 9.50. The van der Waals surface area contributed by atoms with Gasteiger partial charge in [0.05, 0.1) is 12.0 Å². The van der Waals surface area contributed by atoms with Gasteiger partial charge in [0.2, 0.25) is 6.79 Å². The van der Waals surface area contributed by atoms with Crippen LogP contribution in [0.5, 0.6) is 17.2 Å². The molecule has 0 radical (unpaired) electrons. The molecule has 1 amide bonds. The molecule has 0 spiro atoms. The quantitative estimate of drug-likeness (QED) is 0.484. The van der Waals surface area contributed by atoms with E-state index < -0.39 is 15.4 Å². The van der Waals surface area contributed by atoms with Crippen LogP contribution in [-0.2, 0) is 15.4 Å². The summed E-state index contributed by atoms with van der Waals surface area (Å²) in [6.07, 6.45) is 0. The molecule has 35 heavy (non-hydrogen) atoms. The summed E-state index contributed by atoms with van der Waals surface area (Å²) in [6.45, 7) is 6.33. The van der Waals surface area contributed by atoms with Crippen molar-refractivity contribution in [2.24, 2.45) is 0 Å². The molecule has 4 rings (SSSR count). The van der Waals surface area contributed by atoms with E-state index in [0.717, 1.165) is 5.56 Å². The Morgan fingerprint density at radius 3 is 2.43 bits per heavy atom. The van der Waals surface area contributed by atoms with Gasteiger partial charge in [-0.2, -0.15) is 0 Å². The van der Waals surface area contributed by atoms with Crippen molar-refractivity contribution in [3.63, 3.8) is 0 Å². The van der Waals surface area contributed by atoms with E-state index in [2.05, 4.69) is 10.0 Å². The molecule has 2 N–H and O–H groups in total. The normalized spacial score (nSPS) is 12.8. The third-order valence-electron chi connectivity index (χ3n) is 5.95. The molecule has 184 valence electrons. The Hall–Kier alpha value is -3.72. The van der Waals surface area contributed by atoms with Crippen LogP contribution in [0.3, 0.4) is 0 Å². The van der Waals surface area contributed by atoms with Crippen molar-refractivity contribution in [1.82, 2.24) is 5.32 Å². The lowest BCUT2D eigenvalue weighted by molar-refractivity contribution is 0.0945. The lowest BCUT2D eigenvalue weighted by Crippen LogP contribution is -2.37. The fourth-order valence-corrected chi connectivity index (χ4v) is 4.79. The van der Waals surface area contributed by atoms with E-state index in [9.17, 15) is 13.2 Å². The maximum atomic E-state index is 13.1. The standard InChI is InChI=1S/C26H28N2O6S/c1-17-5-11-21(35(30,31)28-19-7-9-20(32-4)10-8-19)14-22(17)25(29)27-15-26(2,3)18-6-12-23-24(13-18)34-16-33-23/h5-14,28H,15-16H2,1-4H3,(H,27,29). The highest BCUT2D eigenvalue weighted by molar-refractivity contribution is 7.92. The number of benzene rings is 3. The topological polar surface area (TPSA) is 103 Å². The molecule has 9 heteroatoms. The third kappa shape index (κ3) is 5.35. The summed E-state index contributed by atoms with van der Waals surface area (Å²) in [5.74, 6) is 1.65. The predicted octanol–water partition coefficient (Wildman–Crippen LogP) is 4.24. The van der Waals surface area contributed by atoms with Crippen LogP contribution in [0.15, 0.2) is 65.6 Å². The number of anilines is 1. The van der Waals surface area contributed by atoms with Crippen LogP contribution in [-0.4, -0.2) is 34.8 Å². The van der Waals surface area contributed by atoms with E-state index >= 15 is 0 Å². The number of rotatable bonds is 8. The maximum absolute atomic E-state index is 13.1. The van der Waals surface area contributed by atoms with Crippen molar-refractivity contribution in [2.45, 2.75) is 31.1 Å². The van der Waals surface area contributed by atoms with Crippen molar-refractivity contribution < 1.29 is 27.4 Å². The molecule has 0 saturated heterocycles. The minimum atomic E-state index is -3.89. The van der Waals surface area contributed by atoms with Crippen LogP contribution < -0.4 is 24.2 Å². The average Bonchev–Trinajstić information content (AvgIpc) is 3.31. The molecule has 1 aliphatic rings. The minimum Gasteiger partial charge on any atom is -0.497 e. The number of hydrogen-bond donors (Lipinski definition) is 2. The Kier molecular flexibility index (Phi) is 6.62. The molecular formula is C26H28N2O6S. The lowest BCUT2D eigenvalue weighted by Gasteiger charge is -2.26. The summed E-state index contributed by atoms with van der Waals surface area (Å²) in [6, 6.07) is 16.8. The third-order valence-corrected chi connectivity index (χ3v) is 7.33. The number of nitrogens with one attached hydrogen (secondary N) is 2. The SMILES string of the molecule is COc1ccc(NS(=O)(=O)c2ccc(C)c(C(=O)NCC(C)(C)c3ccc4c(c3)OCO4)c2)cc1. The number of sulfonamides is 1. The smallest absolute Gasteiger partial charge is 0.261 e. The average molecular weight is 497 g/mol. The molecule has 0 bridgehead atoms. The van der Waals surface area contributed by atoms with Crippen molar-refractivity contribution in [3.05, 3.63) is 77.4 Å². The van der Waals surface area contributed by atoms with Crippen molar-refractivity contribution in [3.8, 4) is 17.2 Å². The first-order valence-electron chi connectivity index (χ1n) is 11.0. The van der Waals surface area contributed by atoms with Crippen LogP contribution in [0.25, 0.3) is 0 Å². The number of amides is 1. The van der Waals surface area contributed by atoms with Gasteiger partial charge in [-0.15, -0.1) is 0 Å². The van der Waals surface area contributed by atoms with E-state index in [1.165, 1.54) is 19.2 Å². The first kappa shape index (κ1) is 24.4. The van der Waals surface area contributed by atoms with Crippen molar-refractivity contribution >= 4 is 21.6 Å². The highest BCUT2D eigenvalue weighted by Gasteiger charge is 2.26. The van der Waals surface area contributed by atoms with Crippen LogP contribution in [0.1, 0.15) is 35.3 Å². The molecule has 0 aliphatic carbocycles. The molecule has 0 unspecified atom stereocenters. The van der Waals surface area contributed by atoms with Gasteiger partial charge in [-0.1, -0.05) is 26.0 Å². The van der Waals surface area contributed by atoms with Gasteiger partial charge in [-0.05, 0) is 66.6 Å². The minimum absolute atomic E-state index is 0.000834. The molecule has 0 fully saturated rings. The predicted molar refractivity (Wildman–Crippen MR) is 133 cm³/mol. The van der Waals surface area contributed by atoms with E-state index in [0.29, 0.717) is 40.6 Å². The largest absolute Gasteiger partial charge is 0.497 e. The molecule has 0 saturated carbocycles.